The summed E-state index contributed by atoms with van der Waals surface area (Å²) >= 11 is 0. The lowest BCUT2D eigenvalue weighted by atomic mass is 10.1. The van der Waals surface area contributed by atoms with Gasteiger partial charge in [0.25, 0.3) is 0 Å². The molecule has 0 aromatic heterocycles. The summed E-state index contributed by atoms with van der Waals surface area (Å²) in [6.07, 6.45) is 98.7. The number of carbonyl (C=O) groups is 3. The largest absolute Gasteiger partial charge is 0.462 e. The van der Waals surface area contributed by atoms with E-state index in [1.54, 1.807) is 0 Å². The van der Waals surface area contributed by atoms with Gasteiger partial charge in [-0.05, 0) is 148 Å². The first kappa shape index (κ1) is 73.2. The average molecular weight is 1080 g/mol. The minimum atomic E-state index is -0.848. The van der Waals surface area contributed by atoms with Crippen LogP contribution in [-0.4, -0.2) is 37.2 Å². The fraction of sp³-hybridized carbons (Fsp3) is 0.521. The Kier molecular flexibility index (Phi) is 60.1. The first-order chi connectivity index (χ1) is 39.0. The molecule has 0 fully saturated rings. The summed E-state index contributed by atoms with van der Waals surface area (Å²) in [7, 11) is 0. The van der Waals surface area contributed by atoms with E-state index in [-0.39, 0.29) is 31.6 Å². The van der Waals surface area contributed by atoms with Gasteiger partial charge in [0, 0.05) is 19.3 Å². The van der Waals surface area contributed by atoms with Crippen molar-refractivity contribution >= 4 is 17.9 Å². The zero-order valence-electron chi connectivity index (χ0n) is 50.0. The fourth-order valence-electron chi connectivity index (χ4n) is 7.58. The summed E-state index contributed by atoms with van der Waals surface area (Å²) in [6, 6.07) is 0. The second kappa shape index (κ2) is 64.8. The van der Waals surface area contributed by atoms with Gasteiger partial charge in [-0.3, -0.25) is 14.4 Å². The summed E-state index contributed by atoms with van der Waals surface area (Å²) in [6.45, 7) is 6.19. The van der Waals surface area contributed by atoms with E-state index in [1.807, 2.05) is 12.2 Å². The SMILES string of the molecule is CC/C=C\C/C=C\C/C=C\C/C=C\C/C=C\C/C=C\C/C=C\CCCCCCCC(=O)OCC(COC(=O)CCCCCCC/C=C\C/C=C\C/C=C\CC)OC(=O)CC/C=C\C/C=C\C/C=C\C/C=C\C/C=C\C/C=C\CC. The quantitative estimate of drug-likeness (QED) is 0.0261. The molecule has 0 amide bonds. The van der Waals surface area contributed by atoms with Crippen molar-refractivity contribution in [1.29, 1.82) is 0 Å². The lowest BCUT2D eigenvalue weighted by Crippen LogP contribution is -2.30. The number of hydrogen-bond acceptors (Lipinski definition) is 6. The van der Waals surface area contributed by atoms with Gasteiger partial charge in [-0.2, -0.15) is 0 Å². The number of carbonyl (C=O) groups excluding carboxylic acids is 3. The van der Waals surface area contributed by atoms with Crippen molar-refractivity contribution in [2.24, 2.45) is 0 Å². The van der Waals surface area contributed by atoms with Crippen LogP contribution in [0.25, 0.3) is 0 Å². The monoisotopic (exact) mass is 1080 g/mol. The molecule has 0 aliphatic rings. The Labute approximate surface area is 484 Å². The molecule has 79 heavy (non-hydrogen) atoms. The molecule has 0 aliphatic heterocycles. The Morgan fingerprint density at radius 2 is 0.481 bits per heavy atom. The molecule has 0 spiro atoms. The molecule has 0 heterocycles. The van der Waals surface area contributed by atoms with Gasteiger partial charge in [0.05, 0.1) is 0 Å². The van der Waals surface area contributed by atoms with E-state index >= 15 is 0 Å². The molecule has 6 heteroatoms. The zero-order chi connectivity index (χ0) is 57.1. The molecule has 0 rings (SSSR count). The van der Waals surface area contributed by atoms with Gasteiger partial charge in [-0.15, -0.1) is 0 Å². The fourth-order valence-corrected chi connectivity index (χ4v) is 7.58. The van der Waals surface area contributed by atoms with Crippen molar-refractivity contribution in [1.82, 2.24) is 0 Å². The third-order valence-corrected chi connectivity index (χ3v) is 12.1. The summed E-state index contributed by atoms with van der Waals surface area (Å²) in [5.74, 6) is -1.07. The molecule has 0 bridgehead atoms. The second-order valence-corrected chi connectivity index (χ2v) is 19.5. The van der Waals surface area contributed by atoms with E-state index in [4.69, 9.17) is 14.2 Å². The summed E-state index contributed by atoms with van der Waals surface area (Å²) in [5, 5.41) is 0. The predicted molar refractivity (Wildman–Crippen MR) is 343 cm³/mol. The normalized spacial score (nSPS) is 13.5. The lowest BCUT2D eigenvalue weighted by molar-refractivity contribution is -0.166. The molecule has 6 nitrogen and oxygen atoms in total. The lowest BCUT2D eigenvalue weighted by Gasteiger charge is -2.18. The van der Waals surface area contributed by atoms with Gasteiger partial charge in [0.15, 0.2) is 6.10 Å². The molecule has 1 unspecified atom stereocenters. The zero-order valence-corrected chi connectivity index (χ0v) is 50.0. The minimum Gasteiger partial charge on any atom is -0.462 e. The third-order valence-electron chi connectivity index (χ3n) is 12.1. The van der Waals surface area contributed by atoms with E-state index in [0.29, 0.717) is 19.3 Å². The number of hydrogen-bond donors (Lipinski definition) is 0. The first-order valence-electron chi connectivity index (χ1n) is 30.9. The van der Waals surface area contributed by atoms with Crippen LogP contribution >= 0.6 is 0 Å². The molecule has 0 radical (unpaired) electrons. The van der Waals surface area contributed by atoms with E-state index in [2.05, 4.69) is 203 Å². The highest BCUT2D eigenvalue weighted by Crippen LogP contribution is 2.12. The van der Waals surface area contributed by atoms with Crippen molar-refractivity contribution in [3.63, 3.8) is 0 Å². The molecular weight excluding hydrogens is 973 g/mol. The van der Waals surface area contributed by atoms with Gasteiger partial charge in [0.2, 0.25) is 0 Å². The molecule has 0 N–H and O–H groups in total. The van der Waals surface area contributed by atoms with Crippen LogP contribution in [0.1, 0.15) is 226 Å². The Balaban J connectivity index is 4.56. The minimum absolute atomic E-state index is 0.134. The molecule has 0 saturated carbocycles. The molecule has 438 valence electrons. The maximum atomic E-state index is 12.9. The van der Waals surface area contributed by atoms with E-state index in [9.17, 15) is 14.4 Å². The first-order valence-corrected chi connectivity index (χ1v) is 30.9. The van der Waals surface area contributed by atoms with Gasteiger partial charge in [-0.25, -0.2) is 0 Å². The summed E-state index contributed by atoms with van der Waals surface area (Å²) < 4.78 is 16.8. The van der Waals surface area contributed by atoms with Crippen molar-refractivity contribution in [3.05, 3.63) is 194 Å². The van der Waals surface area contributed by atoms with Crippen LogP contribution in [0.4, 0.5) is 0 Å². The van der Waals surface area contributed by atoms with E-state index in [1.165, 1.54) is 0 Å². The van der Waals surface area contributed by atoms with Crippen LogP contribution in [0, 0.1) is 0 Å². The molecule has 0 saturated heterocycles. The summed E-state index contributed by atoms with van der Waals surface area (Å²) in [5.41, 5.74) is 0. The standard InChI is InChI=1S/C73H110O6/c1-4-7-10-13-16-19-22-25-28-30-32-33-34-35-36-37-38-39-41-42-45-48-51-54-57-60-63-66-72(75)78-69-70(68-77-71(74)65-62-59-56-53-50-47-44-27-24-21-18-15-12-9-6-3)79-73(76)67-64-61-58-55-52-49-46-43-40-31-29-26-23-20-17-14-11-8-5-2/h7-12,16-21,25-29,32-33,35-36,38-40,42-45,49,52,58,61,70H,4-6,13-15,22-24,30-31,34,37,41,46-48,50-51,53-57,59-60,62-69H2,1-3H3/b10-7-,11-8-,12-9-,19-16-,20-17-,21-18-,28-25-,29-26-,33-32-,36-35-,39-38-,43-40-,44-27-,45-42-,52-49-,61-58-. The van der Waals surface area contributed by atoms with Crippen LogP contribution in [0.2, 0.25) is 0 Å². The summed E-state index contributed by atoms with van der Waals surface area (Å²) in [4.78, 5) is 38.3. The van der Waals surface area contributed by atoms with E-state index in [0.717, 1.165) is 180 Å². The van der Waals surface area contributed by atoms with Gasteiger partial charge in [0.1, 0.15) is 13.2 Å². The van der Waals surface area contributed by atoms with Crippen LogP contribution in [0.15, 0.2) is 194 Å². The van der Waals surface area contributed by atoms with Crippen LogP contribution < -0.4 is 0 Å². The topological polar surface area (TPSA) is 78.9 Å². The molecule has 1 atom stereocenters. The Morgan fingerprint density at radius 1 is 0.253 bits per heavy atom. The Morgan fingerprint density at radius 3 is 0.759 bits per heavy atom. The second-order valence-electron chi connectivity index (χ2n) is 19.5. The maximum absolute atomic E-state index is 12.9. The van der Waals surface area contributed by atoms with E-state index < -0.39 is 12.1 Å². The van der Waals surface area contributed by atoms with Crippen LogP contribution in [-0.2, 0) is 28.6 Å². The van der Waals surface area contributed by atoms with Gasteiger partial charge < -0.3 is 14.2 Å². The number of ether oxygens (including phenoxy) is 3. The van der Waals surface area contributed by atoms with Crippen LogP contribution in [0.5, 0.6) is 0 Å². The average Bonchev–Trinajstić information content (AvgIpc) is 3.45. The highest BCUT2D eigenvalue weighted by atomic mass is 16.6. The van der Waals surface area contributed by atoms with Crippen molar-refractivity contribution in [2.45, 2.75) is 232 Å². The van der Waals surface area contributed by atoms with Crippen molar-refractivity contribution < 1.29 is 28.6 Å². The van der Waals surface area contributed by atoms with Crippen molar-refractivity contribution in [3.8, 4) is 0 Å². The Hall–Kier alpha value is -5.75. The Bertz CT molecular complexity index is 1920. The number of rotatable bonds is 53. The molecule has 0 aromatic carbocycles. The van der Waals surface area contributed by atoms with Gasteiger partial charge in [-0.1, -0.05) is 254 Å². The molecular formula is C73H110O6. The smallest absolute Gasteiger partial charge is 0.306 e. The molecule has 0 aromatic rings. The van der Waals surface area contributed by atoms with Crippen LogP contribution in [0.3, 0.4) is 0 Å². The van der Waals surface area contributed by atoms with Gasteiger partial charge >= 0.3 is 17.9 Å². The number of unbranched alkanes of at least 4 members (excludes halogenated alkanes) is 10. The number of allylic oxidation sites excluding steroid dienone is 32. The highest BCUT2D eigenvalue weighted by Gasteiger charge is 2.19. The predicted octanol–water partition coefficient (Wildman–Crippen LogP) is 21.4. The number of esters is 3. The molecule has 0 aliphatic carbocycles. The highest BCUT2D eigenvalue weighted by molar-refractivity contribution is 5.71. The maximum Gasteiger partial charge on any atom is 0.306 e. The third kappa shape index (κ3) is 63.0. The van der Waals surface area contributed by atoms with Crippen molar-refractivity contribution in [2.75, 3.05) is 13.2 Å².